The van der Waals surface area contributed by atoms with Gasteiger partial charge < -0.3 is 24.1 Å². The van der Waals surface area contributed by atoms with Crippen LogP contribution in [0.3, 0.4) is 0 Å². The summed E-state index contributed by atoms with van der Waals surface area (Å²) in [4.78, 5) is 23.8. The lowest BCUT2D eigenvalue weighted by atomic mass is 10.2. The van der Waals surface area contributed by atoms with Crippen molar-refractivity contribution in [2.24, 2.45) is 7.05 Å². The molecule has 1 aromatic carbocycles. The van der Waals surface area contributed by atoms with Gasteiger partial charge in [-0.1, -0.05) is 11.6 Å². The van der Waals surface area contributed by atoms with E-state index < -0.39 is 17.7 Å². The van der Waals surface area contributed by atoms with Crippen LogP contribution in [0.25, 0.3) is 10.9 Å². The number of hydrogen-bond donors (Lipinski definition) is 1. The number of aryl methyl sites for hydroxylation is 1. The quantitative estimate of drug-likeness (QED) is 0.591. The van der Waals surface area contributed by atoms with Crippen LogP contribution in [-0.4, -0.2) is 42.0 Å². The molecule has 7 nitrogen and oxygen atoms in total. The minimum Gasteiger partial charge on any atom is -0.490 e. The van der Waals surface area contributed by atoms with E-state index in [9.17, 15) is 9.59 Å². The second-order valence-electron chi connectivity index (χ2n) is 6.89. The molecule has 1 aromatic heterocycles. The molecule has 0 fully saturated rings. The summed E-state index contributed by atoms with van der Waals surface area (Å²) in [6.45, 7) is 7.93. The first-order valence-electron chi connectivity index (χ1n) is 8.68. The second-order valence-corrected chi connectivity index (χ2v) is 7.30. The molecular formula is C19H25ClN2O5. The van der Waals surface area contributed by atoms with Crippen LogP contribution in [0, 0.1) is 0 Å². The van der Waals surface area contributed by atoms with Gasteiger partial charge in [-0.05, 0) is 45.9 Å². The number of amides is 1. The number of carbonyl (C=O) groups excluding carboxylic acids is 2. The number of nitrogens with zero attached hydrogens (tertiary/aromatic N) is 1. The second kappa shape index (κ2) is 8.52. The van der Waals surface area contributed by atoms with Gasteiger partial charge in [-0.25, -0.2) is 9.59 Å². The molecule has 0 unspecified atom stereocenters. The normalized spacial score (nSPS) is 11.3. The Morgan fingerprint density at radius 1 is 1.26 bits per heavy atom. The Morgan fingerprint density at radius 2 is 1.96 bits per heavy atom. The van der Waals surface area contributed by atoms with E-state index in [1.165, 1.54) is 0 Å². The molecule has 0 aliphatic carbocycles. The number of hydrogen-bond acceptors (Lipinski definition) is 5. The average Bonchev–Trinajstić information content (AvgIpc) is 2.91. The summed E-state index contributed by atoms with van der Waals surface area (Å²) >= 11 is 6.27. The lowest BCUT2D eigenvalue weighted by molar-refractivity contribution is 0.0506. The van der Waals surface area contributed by atoms with Gasteiger partial charge in [0, 0.05) is 12.4 Å². The van der Waals surface area contributed by atoms with E-state index in [2.05, 4.69) is 5.32 Å². The lowest BCUT2D eigenvalue weighted by Crippen LogP contribution is -2.34. The molecule has 0 atom stereocenters. The summed E-state index contributed by atoms with van der Waals surface area (Å²) in [5, 5.41) is 3.83. The number of rotatable bonds is 6. The molecule has 148 valence electrons. The maximum absolute atomic E-state index is 12.1. The maximum atomic E-state index is 12.1. The topological polar surface area (TPSA) is 78.8 Å². The molecule has 8 heteroatoms. The van der Waals surface area contributed by atoms with Crippen LogP contribution in [-0.2, 0) is 16.5 Å². The average molecular weight is 397 g/mol. The Morgan fingerprint density at radius 3 is 2.59 bits per heavy atom. The summed E-state index contributed by atoms with van der Waals surface area (Å²) < 4.78 is 17.7. The number of benzene rings is 1. The van der Waals surface area contributed by atoms with E-state index in [1.807, 2.05) is 0 Å². The van der Waals surface area contributed by atoms with Gasteiger partial charge in [0.25, 0.3) is 0 Å². The van der Waals surface area contributed by atoms with Crippen molar-refractivity contribution < 1.29 is 23.8 Å². The maximum Gasteiger partial charge on any atom is 0.407 e. The van der Waals surface area contributed by atoms with Crippen molar-refractivity contribution in [3.63, 3.8) is 0 Å². The smallest absolute Gasteiger partial charge is 0.407 e. The number of ether oxygens (including phenoxy) is 3. The molecule has 2 aromatic rings. The fourth-order valence-electron chi connectivity index (χ4n) is 2.55. The van der Waals surface area contributed by atoms with Crippen LogP contribution in [0.4, 0.5) is 4.79 Å². The monoisotopic (exact) mass is 396 g/mol. The lowest BCUT2D eigenvalue weighted by Gasteiger charge is -2.19. The van der Waals surface area contributed by atoms with Crippen LogP contribution >= 0.6 is 11.6 Å². The molecule has 0 aliphatic rings. The minimum absolute atomic E-state index is 0.232. The third kappa shape index (κ3) is 5.29. The third-order valence-corrected chi connectivity index (χ3v) is 3.95. The zero-order valence-corrected chi connectivity index (χ0v) is 17.0. The minimum atomic E-state index is -0.556. The largest absolute Gasteiger partial charge is 0.490 e. The Labute approximate surface area is 163 Å². The highest BCUT2D eigenvalue weighted by molar-refractivity contribution is 6.35. The van der Waals surface area contributed by atoms with Gasteiger partial charge in [0.15, 0.2) is 0 Å². The van der Waals surface area contributed by atoms with E-state index in [1.54, 1.807) is 57.5 Å². The molecule has 1 N–H and O–H groups in total. The van der Waals surface area contributed by atoms with Crippen LogP contribution < -0.4 is 10.1 Å². The van der Waals surface area contributed by atoms with Crippen molar-refractivity contribution in [3.05, 3.63) is 28.9 Å². The van der Waals surface area contributed by atoms with Crippen LogP contribution in [0.2, 0.25) is 5.02 Å². The molecule has 0 radical (unpaired) electrons. The van der Waals surface area contributed by atoms with Gasteiger partial charge in [-0.3, -0.25) is 0 Å². The number of fused-ring (bicyclic) bond motifs is 1. The van der Waals surface area contributed by atoms with Crippen molar-refractivity contribution >= 4 is 34.6 Å². The summed E-state index contributed by atoms with van der Waals surface area (Å²) in [6, 6.07) is 5.12. The van der Waals surface area contributed by atoms with Gasteiger partial charge >= 0.3 is 12.1 Å². The Balaban J connectivity index is 2.11. The predicted molar refractivity (Wildman–Crippen MR) is 104 cm³/mol. The van der Waals surface area contributed by atoms with Crippen molar-refractivity contribution in [1.29, 1.82) is 0 Å². The zero-order chi connectivity index (χ0) is 20.2. The molecule has 0 spiro atoms. The molecule has 0 aliphatic heterocycles. The number of nitrogens with one attached hydrogen (secondary N) is 1. The molecule has 0 bridgehead atoms. The van der Waals surface area contributed by atoms with Crippen molar-refractivity contribution in [1.82, 2.24) is 9.88 Å². The number of carbonyl (C=O) groups is 2. The number of halogens is 1. The molecule has 2 rings (SSSR count). The summed E-state index contributed by atoms with van der Waals surface area (Å²) in [7, 11) is 1.75. The molecular weight excluding hydrogens is 372 g/mol. The van der Waals surface area contributed by atoms with Crippen molar-refractivity contribution in [3.8, 4) is 5.75 Å². The SMILES string of the molecule is CCOC(=O)c1cc2c(Cl)ccc(OCCNC(=O)OC(C)(C)C)c2n1C. The van der Waals surface area contributed by atoms with Crippen molar-refractivity contribution in [2.45, 2.75) is 33.3 Å². The Hall–Kier alpha value is -2.41. The molecule has 0 saturated heterocycles. The zero-order valence-electron chi connectivity index (χ0n) is 16.2. The highest BCUT2D eigenvalue weighted by Crippen LogP contribution is 2.34. The Kier molecular flexibility index (Phi) is 6.59. The van der Waals surface area contributed by atoms with Crippen molar-refractivity contribution in [2.75, 3.05) is 19.8 Å². The van der Waals surface area contributed by atoms with Crippen LogP contribution in [0.5, 0.6) is 5.75 Å². The third-order valence-electron chi connectivity index (χ3n) is 3.62. The first-order chi connectivity index (χ1) is 12.6. The number of aromatic nitrogens is 1. The first-order valence-corrected chi connectivity index (χ1v) is 9.06. The fourth-order valence-corrected chi connectivity index (χ4v) is 2.75. The van der Waals surface area contributed by atoms with Gasteiger partial charge in [0.05, 0.1) is 23.7 Å². The van der Waals surface area contributed by atoms with Gasteiger partial charge in [0.1, 0.15) is 23.7 Å². The summed E-state index contributed by atoms with van der Waals surface area (Å²) in [5.74, 6) is 0.128. The standard InChI is InChI=1S/C19H25ClN2O5/c1-6-25-17(23)14-11-12-13(20)7-8-15(16(12)22(14)5)26-10-9-21-18(24)27-19(2,3)4/h7-8,11H,6,9-10H2,1-5H3,(H,21,24). The molecule has 1 amide bonds. The van der Waals surface area contributed by atoms with E-state index in [0.29, 0.717) is 27.4 Å². The number of alkyl carbamates (subject to hydrolysis) is 1. The van der Waals surface area contributed by atoms with E-state index in [0.717, 1.165) is 0 Å². The fraction of sp³-hybridized carbons (Fsp3) is 0.474. The van der Waals surface area contributed by atoms with E-state index in [-0.39, 0.29) is 19.8 Å². The first kappa shape index (κ1) is 20.9. The highest BCUT2D eigenvalue weighted by Gasteiger charge is 2.19. The van der Waals surface area contributed by atoms with Crippen LogP contribution in [0.1, 0.15) is 38.2 Å². The predicted octanol–water partition coefficient (Wildman–Crippen LogP) is 3.91. The summed E-state index contributed by atoms with van der Waals surface area (Å²) in [6.07, 6.45) is -0.504. The highest BCUT2D eigenvalue weighted by atomic mass is 35.5. The molecule has 1 heterocycles. The number of esters is 1. The van der Waals surface area contributed by atoms with Gasteiger partial charge in [-0.2, -0.15) is 0 Å². The van der Waals surface area contributed by atoms with E-state index >= 15 is 0 Å². The Bertz CT molecular complexity index is 839. The van der Waals surface area contributed by atoms with Gasteiger partial charge in [0.2, 0.25) is 0 Å². The van der Waals surface area contributed by atoms with Crippen LogP contribution in [0.15, 0.2) is 18.2 Å². The molecule has 0 saturated carbocycles. The van der Waals surface area contributed by atoms with E-state index in [4.69, 9.17) is 25.8 Å². The van der Waals surface area contributed by atoms with Gasteiger partial charge in [-0.15, -0.1) is 0 Å². The molecule has 27 heavy (non-hydrogen) atoms. The summed E-state index contributed by atoms with van der Waals surface area (Å²) in [5.41, 5.74) is 0.513.